The first kappa shape index (κ1) is 17.3. The van der Waals surface area contributed by atoms with Gasteiger partial charge in [0.15, 0.2) is 0 Å². The van der Waals surface area contributed by atoms with Crippen LogP contribution in [0.15, 0.2) is 36.4 Å². The fourth-order valence-electron chi connectivity index (χ4n) is 2.51. The summed E-state index contributed by atoms with van der Waals surface area (Å²) < 4.78 is 44.0. The molecule has 1 amide bonds. The highest BCUT2D eigenvalue weighted by Crippen LogP contribution is 2.31. The zero-order chi connectivity index (χ0) is 17.3. The Labute approximate surface area is 145 Å². The minimum Gasteiger partial charge on any atom is -0.370 e. The number of carbonyl (C=O) groups is 1. The molecule has 1 saturated heterocycles. The molecule has 0 radical (unpaired) electrons. The van der Waals surface area contributed by atoms with Crippen LogP contribution < -0.4 is 0 Å². The molecule has 1 atom stereocenters. The van der Waals surface area contributed by atoms with Gasteiger partial charge >= 0.3 is 6.18 Å². The van der Waals surface area contributed by atoms with Gasteiger partial charge in [-0.05, 0) is 29.8 Å². The summed E-state index contributed by atoms with van der Waals surface area (Å²) in [5.74, 6) is -0.146. The van der Waals surface area contributed by atoms with Crippen LogP contribution in [0.25, 0.3) is 0 Å². The van der Waals surface area contributed by atoms with Gasteiger partial charge in [-0.25, -0.2) is 0 Å². The van der Waals surface area contributed by atoms with Crippen molar-refractivity contribution < 1.29 is 22.7 Å². The SMILES string of the molecule is O=C(c1ccc(Cl)s1)N1CCO[C@@H](c2ccc(C(F)(F)F)cc2)C1. The molecule has 24 heavy (non-hydrogen) atoms. The number of amides is 1. The van der Waals surface area contributed by atoms with E-state index in [1.54, 1.807) is 17.0 Å². The van der Waals surface area contributed by atoms with Crippen molar-refractivity contribution in [2.45, 2.75) is 12.3 Å². The molecule has 1 aliphatic heterocycles. The summed E-state index contributed by atoms with van der Waals surface area (Å²) in [7, 11) is 0. The van der Waals surface area contributed by atoms with E-state index < -0.39 is 17.8 Å². The number of hydrogen-bond donors (Lipinski definition) is 0. The molecular formula is C16H13ClF3NO2S. The Morgan fingerprint density at radius 1 is 1.21 bits per heavy atom. The first-order valence-electron chi connectivity index (χ1n) is 7.18. The number of thiophene rings is 1. The molecule has 0 unspecified atom stereocenters. The Balaban J connectivity index is 1.72. The van der Waals surface area contributed by atoms with Crippen LogP contribution in [0.4, 0.5) is 13.2 Å². The van der Waals surface area contributed by atoms with Gasteiger partial charge in [-0.2, -0.15) is 13.2 Å². The van der Waals surface area contributed by atoms with E-state index in [1.807, 2.05) is 0 Å². The molecular weight excluding hydrogens is 363 g/mol. The van der Waals surface area contributed by atoms with Crippen molar-refractivity contribution in [1.29, 1.82) is 0 Å². The number of carbonyl (C=O) groups excluding carboxylic acids is 1. The van der Waals surface area contributed by atoms with E-state index in [-0.39, 0.29) is 5.91 Å². The largest absolute Gasteiger partial charge is 0.416 e. The summed E-state index contributed by atoms with van der Waals surface area (Å²) in [6, 6.07) is 8.16. The van der Waals surface area contributed by atoms with Gasteiger partial charge in [-0.15, -0.1) is 11.3 Å². The van der Waals surface area contributed by atoms with Crippen molar-refractivity contribution >= 4 is 28.8 Å². The average Bonchev–Trinajstić information content (AvgIpc) is 3.00. The van der Waals surface area contributed by atoms with Gasteiger partial charge in [-0.3, -0.25) is 4.79 Å². The van der Waals surface area contributed by atoms with Crippen LogP contribution in [0, 0.1) is 0 Å². The molecule has 0 N–H and O–H groups in total. The van der Waals surface area contributed by atoms with E-state index in [0.717, 1.165) is 12.1 Å². The van der Waals surface area contributed by atoms with Gasteiger partial charge in [-0.1, -0.05) is 23.7 Å². The van der Waals surface area contributed by atoms with E-state index in [0.29, 0.717) is 34.5 Å². The number of hydrogen-bond acceptors (Lipinski definition) is 3. The number of ether oxygens (including phenoxy) is 1. The summed E-state index contributed by atoms with van der Waals surface area (Å²) in [4.78, 5) is 14.6. The lowest BCUT2D eigenvalue weighted by atomic mass is 10.0. The van der Waals surface area contributed by atoms with E-state index in [2.05, 4.69) is 0 Å². The molecule has 2 heterocycles. The molecule has 3 rings (SSSR count). The standard InChI is InChI=1S/C16H13ClF3NO2S/c17-14-6-5-13(24-14)15(22)21-7-8-23-12(9-21)10-1-3-11(4-2-10)16(18,19)20/h1-6,12H,7-9H2/t12-/m1/s1. The number of benzene rings is 1. The fourth-order valence-corrected chi connectivity index (χ4v) is 3.52. The summed E-state index contributed by atoms with van der Waals surface area (Å²) in [5.41, 5.74) is -0.0899. The number of nitrogens with zero attached hydrogens (tertiary/aromatic N) is 1. The predicted molar refractivity (Wildman–Crippen MR) is 85.4 cm³/mol. The Morgan fingerprint density at radius 2 is 1.92 bits per heavy atom. The maximum Gasteiger partial charge on any atom is 0.416 e. The smallest absolute Gasteiger partial charge is 0.370 e. The number of halogens is 4. The molecule has 0 spiro atoms. The fraction of sp³-hybridized carbons (Fsp3) is 0.312. The molecule has 1 fully saturated rings. The van der Waals surface area contributed by atoms with Crippen molar-refractivity contribution in [3.63, 3.8) is 0 Å². The van der Waals surface area contributed by atoms with Crippen molar-refractivity contribution in [2.75, 3.05) is 19.7 Å². The van der Waals surface area contributed by atoms with Crippen LogP contribution in [0.5, 0.6) is 0 Å². The summed E-state index contributed by atoms with van der Waals surface area (Å²) in [6.07, 6.45) is -4.81. The molecule has 0 aliphatic carbocycles. The molecule has 1 aromatic carbocycles. The van der Waals surface area contributed by atoms with Crippen LogP contribution in [0.1, 0.15) is 26.9 Å². The van der Waals surface area contributed by atoms with Crippen molar-refractivity contribution in [3.05, 3.63) is 56.7 Å². The normalized spacial score (nSPS) is 18.7. The third kappa shape index (κ3) is 3.74. The van der Waals surface area contributed by atoms with Gasteiger partial charge < -0.3 is 9.64 Å². The second-order valence-corrected chi connectivity index (χ2v) is 7.05. The topological polar surface area (TPSA) is 29.5 Å². The van der Waals surface area contributed by atoms with Gasteiger partial charge in [0.1, 0.15) is 6.10 Å². The lowest BCUT2D eigenvalue weighted by Crippen LogP contribution is -2.42. The van der Waals surface area contributed by atoms with Gasteiger partial charge in [0.25, 0.3) is 5.91 Å². The number of morpholine rings is 1. The summed E-state index contributed by atoms with van der Waals surface area (Å²) >= 11 is 7.05. The Kier molecular flexibility index (Phi) is 4.85. The van der Waals surface area contributed by atoms with E-state index in [1.165, 1.54) is 23.5 Å². The van der Waals surface area contributed by atoms with E-state index >= 15 is 0 Å². The highest BCUT2D eigenvalue weighted by atomic mass is 35.5. The first-order chi connectivity index (χ1) is 11.3. The monoisotopic (exact) mass is 375 g/mol. The molecule has 0 bridgehead atoms. The van der Waals surface area contributed by atoms with Crippen molar-refractivity contribution in [1.82, 2.24) is 4.90 Å². The molecule has 128 valence electrons. The second-order valence-electron chi connectivity index (χ2n) is 5.33. The lowest BCUT2D eigenvalue weighted by molar-refractivity contribution is -0.137. The Hall–Kier alpha value is -1.57. The van der Waals surface area contributed by atoms with Crippen LogP contribution in [-0.2, 0) is 10.9 Å². The minimum atomic E-state index is -4.37. The van der Waals surface area contributed by atoms with Crippen LogP contribution in [0.2, 0.25) is 4.34 Å². The maximum absolute atomic E-state index is 12.6. The van der Waals surface area contributed by atoms with E-state index in [4.69, 9.17) is 16.3 Å². The summed E-state index contributed by atoms with van der Waals surface area (Å²) in [6.45, 7) is 1.06. The van der Waals surface area contributed by atoms with Crippen LogP contribution >= 0.6 is 22.9 Å². The number of alkyl halides is 3. The first-order valence-corrected chi connectivity index (χ1v) is 8.37. The Bertz CT molecular complexity index is 730. The highest BCUT2D eigenvalue weighted by Gasteiger charge is 2.31. The maximum atomic E-state index is 12.6. The Morgan fingerprint density at radius 3 is 2.50 bits per heavy atom. The van der Waals surface area contributed by atoms with E-state index in [9.17, 15) is 18.0 Å². The highest BCUT2D eigenvalue weighted by molar-refractivity contribution is 7.17. The molecule has 3 nitrogen and oxygen atoms in total. The third-order valence-corrected chi connectivity index (χ3v) is 4.97. The van der Waals surface area contributed by atoms with Crippen molar-refractivity contribution in [3.8, 4) is 0 Å². The average molecular weight is 376 g/mol. The van der Waals surface area contributed by atoms with Crippen LogP contribution in [-0.4, -0.2) is 30.5 Å². The minimum absolute atomic E-state index is 0.146. The summed E-state index contributed by atoms with van der Waals surface area (Å²) in [5, 5.41) is 0. The predicted octanol–water partition coefficient (Wildman–Crippen LogP) is 4.63. The van der Waals surface area contributed by atoms with Gasteiger partial charge in [0.2, 0.25) is 0 Å². The molecule has 0 saturated carbocycles. The third-order valence-electron chi connectivity index (χ3n) is 3.75. The van der Waals surface area contributed by atoms with Gasteiger partial charge in [0, 0.05) is 6.54 Å². The molecule has 1 aromatic heterocycles. The lowest BCUT2D eigenvalue weighted by Gasteiger charge is -2.33. The molecule has 8 heteroatoms. The zero-order valence-electron chi connectivity index (χ0n) is 12.3. The number of rotatable bonds is 2. The van der Waals surface area contributed by atoms with Crippen molar-refractivity contribution in [2.24, 2.45) is 0 Å². The molecule has 1 aliphatic rings. The van der Waals surface area contributed by atoms with Gasteiger partial charge in [0.05, 0.1) is 27.9 Å². The second kappa shape index (κ2) is 6.74. The quantitative estimate of drug-likeness (QED) is 0.765. The zero-order valence-corrected chi connectivity index (χ0v) is 13.9. The molecule has 2 aromatic rings. The van der Waals surface area contributed by atoms with Crippen LogP contribution in [0.3, 0.4) is 0 Å².